The molecule has 0 aromatic heterocycles. The average Bonchev–Trinajstić information content (AvgIpc) is 1.37. The molecule has 0 aliphatic carbocycles. The monoisotopic (exact) mass is 254 g/mol. The fourth-order valence-corrected chi connectivity index (χ4v) is 0. The van der Waals surface area contributed by atoms with E-state index in [-0.39, 0.29) is 0 Å². The van der Waals surface area contributed by atoms with Crippen molar-refractivity contribution in [3.05, 3.63) is 0 Å². The van der Waals surface area contributed by atoms with Crippen molar-refractivity contribution < 1.29 is 2.69 Å². The van der Waals surface area contributed by atoms with Crippen LogP contribution in [0.2, 0.25) is 0 Å². The van der Waals surface area contributed by atoms with E-state index in [9.17, 15) is 0 Å². The molecular weight excluding hydrogens is 247 g/mol. The summed E-state index contributed by atoms with van der Waals surface area (Å²) in [5, 5.41) is 0. The molecule has 1 nitrogen and oxygen atoms in total. The van der Waals surface area contributed by atoms with Crippen molar-refractivity contribution in [2.24, 2.45) is 0 Å². The Morgan fingerprint density at radius 3 is 2.25 bits per heavy atom. The second-order valence-electron chi connectivity index (χ2n) is 0.455. The summed E-state index contributed by atoms with van der Waals surface area (Å²) < 4.78 is 4.71. The number of rotatable bonds is 1. The first-order valence-corrected chi connectivity index (χ1v) is 3.06. The molecule has 24 valence electrons. The van der Waals surface area contributed by atoms with Gasteiger partial charge >= 0.3 is 42.4 Å². The van der Waals surface area contributed by atoms with Crippen LogP contribution in [-0.4, -0.2) is 32.8 Å². The Morgan fingerprint density at radius 1 is 2.00 bits per heavy atom. The Kier molecular flexibility index (Phi) is 4.74. The summed E-state index contributed by atoms with van der Waals surface area (Å²) in [5.41, 5.74) is 0. The second-order valence-corrected chi connectivity index (χ2v) is 1.75. The Labute approximate surface area is 42.7 Å². The van der Waals surface area contributed by atoms with Crippen molar-refractivity contribution in [3.8, 4) is 0 Å². The zero-order chi connectivity index (χ0) is 3.41. The molecule has 0 N–H and O–H groups in total. The van der Waals surface area contributed by atoms with Crippen molar-refractivity contribution in [2.75, 3.05) is 6.61 Å². The van der Waals surface area contributed by atoms with Gasteiger partial charge in [0.15, 0.2) is 0 Å². The molecular formula is C2H6OPb. The van der Waals surface area contributed by atoms with Crippen molar-refractivity contribution in [3.63, 3.8) is 0 Å². The molecule has 0 saturated heterocycles. The van der Waals surface area contributed by atoms with Gasteiger partial charge in [-0.25, -0.2) is 0 Å². The maximum atomic E-state index is 4.71. The predicted molar refractivity (Wildman–Crippen MR) is 18.8 cm³/mol. The summed E-state index contributed by atoms with van der Waals surface area (Å²) in [6.07, 6.45) is 0. The van der Waals surface area contributed by atoms with Crippen molar-refractivity contribution in [1.29, 1.82) is 0 Å². The van der Waals surface area contributed by atoms with Gasteiger partial charge in [-0.15, -0.1) is 0 Å². The maximum absolute atomic E-state index is 4.71. The Balaban J connectivity index is 1.97. The molecule has 4 heavy (non-hydrogen) atoms. The van der Waals surface area contributed by atoms with Crippen molar-refractivity contribution in [1.82, 2.24) is 0 Å². The van der Waals surface area contributed by atoms with Gasteiger partial charge in [0, 0.05) is 0 Å². The number of hydrogen-bond acceptors (Lipinski definition) is 1. The van der Waals surface area contributed by atoms with E-state index < -0.39 is 0 Å². The van der Waals surface area contributed by atoms with Gasteiger partial charge in [0.1, 0.15) is 0 Å². The van der Waals surface area contributed by atoms with Gasteiger partial charge in [0.2, 0.25) is 0 Å². The van der Waals surface area contributed by atoms with Crippen LogP contribution in [0.15, 0.2) is 0 Å². The molecule has 0 fully saturated rings. The Bertz CT molecular complexity index is 8.00. The number of hydrogen-bond donors (Lipinski definition) is 0. The van der Waals surface area contributed by atoms with Gasteiger partial charge in [-0.2, -0.15) is 0 Å². The van der Waals surface area contributed by atoms with Crippen LogP contribution in [0.1, 0.15) is 6.92 Å². The fraction of sp³-hybridized carbons (Fsp3) is 1.00. The van der Waals surface area contributed by atoms with Crippen LogP contribution in [0.5, 0.6) is 0 Å². The minimum absolute atomic E-state index is 0.731. The van der Waals surface area contributed by atoms with Crippen LogP contribution in [0.25, 0.3) is 0 Å². The molecule has 0 aliphatic rings. The Morgan fingerprint density at radius 2 is 2.25 bits per heavy atom. The second kappa shape index (κ2) is 3.88. The summed E-state index contributed by atoms with van der Waals surface area (Å²) in [7, 11) is 0. The van der Waals surface area contributed by atoms with E-state index in [1.54, 1.807) is 0 Å². The molecule has 0 aliphatic heterocycles. The van der Waals surface area contributed by atoms with Crippen molar-refractivity contribution in [2.45, 2.75) is 6.92 Å². The van der Waals surface area contributed by atoms with Crippen LogP contribution >= 0.6 is 0 Å². The standard InChI is InChI=1S/C2H5O.Pb.H/c1-2-3;;/h2H2,1H3;;/q-1;+1;. The molecule has 2 heteroatoms. The van der Waals surface area contributed by atoms with E-state index in [0.717, 1.165) is 32.8 Å². The predicted octanol–water partition coefficient (Wildman–Crippen LogP) is -0.161. The molecule has 0 aromatic rings. The fourth-order valence-electron chi connectivity index (χ4n) is 0. The van der Waals surface area contributed by atoms with E-state index >= 15 is 0 Å². The van der Waals surface area contributed by atoms with Gasteiger partial charge in [0.25, 0.3) is 0 Å². The zero-order valence-electron chi connectivity index (χ0n) is 2.69. The summed E-state index contributed by atoms with van der Waals surface area (Å²) in [4.78, 5) is 0. The van der Waals surface area contributed by atoms with Gasteiger partial charge < -0.3 is 0 Å². The summed E-state index contributed by atoms with van der Waals surface area (Å²) in [5.74, 6) is 0. The molecule has 0 amide bonds. The zero-order valence-corrected chi connectivity index (χ0v) is 7.18. The molecule has 0 bridgehead atoms. The topological polar surface area (TPSA) is 9.23 Å². The first-order chi connectivity index (χ1) is 1.91. The third-order valence-electron chi connectivity index (χ3n) is 0.167. The van der Waals surface area contributed by atoms with E-state index in [2.05, 4.69) is 0 Å². The summed E-state index contributed by atoms with van der Waals surface area (Å²) in [6.45, 7) is 2.89. The summed E-state index contributed by atoms with van der Waals surface area (Å²) in [6, 6.07) is 0. The van der Waals surface area contributed by atoms with Gasteiger partial charge in [0.05, 0.1) is 0 Å². The summed E-state index contributed by atoms with van der Waals surface area (Å²) >= 11 is 0.731. The third kappa shape index (κ3) is 2.88. The van der Waals surface area contributed by atoms with E-state index in [1.807, 2.05) is 6.92 Å². The third-order valence-corrected chi connectivity index (χ3v) is 1.46. The molecule has 0 aromatic carbocycles. The van der Waals surface area contributed by atoms with Crippen LogP contribution in [0.3, 0.4) is 0 Å². The minimum atomic E-state index is 0.731. The average molecular weight is 253 g/mol. The quantitative estimate of drug-likeness (QED) is 0.590. The van der Waals surface area contributed by atoms with E-state index in [4.69, 9.17) is 2.69 Å². The van der Waals surface area contributed by atoms with Crippen LogP contribution in [0, 0.1) is 0 Å². The molecule has 0 unspecified atom stereocenters. The molecule has 2 radical (unpaired) electrons. The first kappa shape index (κ1) is 4.88. The molecule has 0 spiro atoms. The molecule has 0 heterocycles. The van der Waals surface area contributed by atoms with Crippen molar-refractivity contribution >= 4 is 26.2 Å². The first-order valence-electron chi connectivity index (χ1n) is 1.23. The van der Waals surface area contributed by atoms with E-state index in [0.29, 0.717) is 0 Å². The van der Waals surface area contributed by atoms with Crippen LogP contribution < -0.4 is 0 Å². The molecule has 0 saturated carbocycles. The SMILES string of the molecule is CC[O][PbH]. The molecule has 0 rings (SSSR count). The van der Waals surface area contributed by atoms with E-state index in [1.165, 1.54) is 0 Å². The van der Waals surface area contributed by atoms with Gasteiger partial charge in [-0.1, -0.05) is 0 Å². The van der Waals surface area contributed by atoms with Crippen LogP contribution in [0.4, 0.5) is 0 Å². The molecule has 0 atom stereocenters. The normalized spacial score (nSPS) is 7.50. The Hall–Kier alpha value is 0.882. The van der Waals surface area contributed by atoms with Gasteiger partial charge in [-0.05, 0) is 0 Å². The van der Waals surface area contributed by atoms with Gasteiger partial charge in [-0.3, -0.25) is 0 Å². The van der Waals surface area contributed by atoms with Crippen LogP contribution in [-0.2, 0) is 2.69 Å².